The fourth-order valence-electron chi connectivity index (χ4n) is 2.00. The van der Waals surface area contributed by atoms with Crippen LogP contribution in [0.5, 0.6) is 0 Å². The van der Waals surface area contributed by atoms with Gasteiger partial charge in [-0.25, -0.2) is 9.37 Å². The number of hydrogen-bond acceptors (Lipinski definition) is 2. The van der Waals surface area contributed by atoms with Crippen LogP contribution >= 0.6 is 50.1 Å². The molecule has 0 aliphatic heterocycles. The largest absolute Gasteiger partial charge is 0.369 e. The van der Waals surface area contributed by atoms with Crippen LogP contribution in [0.4, 0.5) is 10.3 Å². The van der Waals surface area contributed by atoms with Crippen molar-refractivity contribution in [1.29, 1.82) is 0 Å². The fourth-order valence-corrected chi connectivity index (χ4v) is 3.00. The Morgan fingerprint density at radius 1 is 1.30 bits per heavy atom. The van der Waals surface area contributed by atoms with E-state index in [1.54, 1.807) is 16.7 Å². The van der Waals surface area contributed by atoms with Crippen molar-refractivity contribution in [2.24, 2.45) is 0 Å². The number of nitrogens with zero attached hydrogens (tertiary/aromatic N) is 2. The number of nitrogens with two attached hydrogens (primary N) is 1. The molecular weight excluding hydrogens is 459 g/mol. The molecule has 0 unspecified atom stereocenters. The van der Waals surface area contributed by atoms with Crippen LogP contribution in [0, 0.1) is 9.39 Å². The first-order valence-electron chi connectivity index (χ1n) is 5.56. The van der Waals surface area contributed by atoms with Gasteiger partial charge in [0.1, 0.15) is 5.82 Å². The second-order valence-corrected chi connectivity index (χ2v) is 6.64. The van der Waals surface area contributed by atoms with Crippen molar-refractivity contribution < 1.29 is 4.39 Å². The van der Waals surface area contributed by atoms with E-state index in [2.05, 4.69) is 20.9 Å². The zero-order valence-corrected chi connectivity index (χ0v) is 14.4. The third-order valence-electron chi connectivity index (χ3n) is 2.87. The predicted octanol–water partition coefficient (Wildman–Crippen LogP) is 4.77. The Bertz CT molecular complexity index is 834. The fraction of sp³-hybridized carbons (Fsp3) is 0. The molecule has 0 atom stereocenters. The molecule has 0 amide bonds. The smallest absolute Gasteiger partial charge is 0.205 e. The van der Waals surface area contributed by atoms with Gasteiger partial charge >= 0.3 is 0 Å². The zero-order chi connectivity index (χ0) is 14.4. The Morgan fingerprint density at radius 3 is 2.80 bits per heavy atom. The SMILES string of the molecule is Nc1nc2cc(I)c(F)cc2n1-c1cc(Br)ccc1Cl. The maximum absolute atomic E-state index is 13.8. The van der Waals surface area contributed by atoms with Crippen LogP contribution < -0.4 is 5.73 Å². The molecule has 0 spiro atoms. The molecule has 3 rings (SSSR count). The first-order chi connectivity index (χ1) is 9.47. The molecule has 20 heavy (non-hydrogen) atoms. The van der Waals surface area contributed by atoms with Gasteiger partial charge in [-0.2, -0.15) is 0 Å². The summed E-state index contributed by atoms with van der Waals surface area (Å²) in [6.45, 7) is 0. The molecule has 1 aromatic heterocycles. The summed E-state index contributed by atoms with van der Waals surface area (Å²) < 4.78 is 16.8. The van der Waals surface area contributed by atoms with Gasteiger partial charge in [-0.3, -0.25) is 4.57 Å². The summed E-state index contributed by atoms with van der Waals surface area (Å²) in [4.78, 5) is 4.26. The van der Waals surface area contributed by atoms with E-state index in [0.29, 0.717) is 25.3 Å². The summed E-state index contributed by atoms with van der Waals surface area (Å²) in [6.07, 6.45) is 0. The molecule has 0 radical (unpaired) electrons. The molecule has 0 saturated carbocycles. The Kier molecular flexibility index (Phi) is 3.64. The third-order valence-corrected chi connectivity index (χ3v) is 4.51. The molecule has 0 fully saturated rings. The number of imidazole rings is 1. The highest BCUT2D eigenvalue weighted by Crippen LogP contribution is 2.31. The van der Waals surface area contributed by atoms with Crippen LogP contribution in [-0.2, 0) is 0 Å². The van der Waals surface area contributed by atoms with Gasteiger partial charge in [-0.15, -0.1) is 0 Å². The van der Waals surface area contributed by atoms with E-state index in [9.17, 15) is 4.39 Å². The highest BCUT2D eigenvalue weighted by atomic mass is 127. The Hall–Kier alpha value is -0.860. The number of rotatable bonds is 1. The van der Waals surface area contributed by atoms with Crippen LogP contribution in [0.1, 0.15) is 0 Å². The lowest BCUT2D eigenvalue weighted by Gasteiger charge is -2.09. The third kappa shape index (κ3) is 2.29. The Balaban J connectivity index is 2.38. The molecular formula is C13H7BrClFIN3. The van der Waals surface area contributed by atoms with Crippen LogP contribution in [0.2, 0.25) is 5.02 Å². The average molecular weight is 466 g/mol. The molecule has 7 heteroatoms. The number of benzene rings is 2. The minimum Gasteiger partial charge on any atom is -0.369 e. The second kappa shape index (κ2) is 5.16. The number of anilines is 1. The highest BCUT2D eigenvalue weighted by molar-refractivity contribution is 14.1. The van der Waals surface area contributed by atoms with Crippen molar-refractivity contribution in [2.75, 3.05) is 5.73 Å². The number of halogens is 4. The monoisotopic (exact) mass is 465 g/mol. The lowest BCUT2D eigenvalue weighted by atomic mass is 10.2. The first-order valence-corrected chi connectivity index (χ1v) is 7.81. The van der Waals surface area contributed by atoms with E-state index < -0.39 is 0 Å². The topological polar surface area (TPSA) is 43.8 Å². The molecule has 0 aliphatic rings. The Morgan fingerprint density at radius 2 is 2.05 bits per heavy atom. The van der Waals surface area contributed by atoms with E-state index in [1.807, 2.05) is 34.7 Å². The molecule has 2 N–H and O–H groups in total. The molecule has 3 nitrogen and oxygen atoms in total. The zero-order valence-electron chi connectivity index (χ0n) is 9.87. The summed E-state index contributed by atoms with van der Waals surface area (Å²) in [6, 6.07) is 8.46. The first kappa shape index (κ1) is 14.1. The standard InChI is InChI=1S/C13H7BrClFIN3/c14-6-1-2-7(15)11(3-6)20-12-4-8(16)9(17)5-10(12)19-13(20)18/h1-5H,(H2,18,19). The number of fused-ring (bicyclic) bond motifs is 1. The summed E-state index contributed by atoms with van der Waals surface area (Å²) in [5, 5.41) is 0.512. The molecule has 0 saturated heterocycles. The van der Waals surface area contributed by atoms with E-state index >= 15 is 0 Å². The summed E-state index contributed by atoms with van der Waals surface area (Å²) in [5.41, 5.74) is 7.82. The summed E-state index contributed by atoms with van der Waals surface area (Å²) in [5.74, 6) is -0.0493. The lowest BCUT2D eigenvalue weighted by Crippen LogP contribution is -2.01. The second-order valence-electron chi connectivity index (χ2n) is 4.16. The maximum atomic E-state index is 13.8. The molecule has 102 valence electrons. The van der Waals surface area contributed by atoms with Crippen LogP contribution in [0.15, 0.2) is 34.8 Å². The predicted molar refractivity (Wildman–Crippen MR) is 90.9 cm³/mol. The quantitative estimate of drug-likeness (QED) is 0.526. The van der Waals surface area contributed by atoms with Gasteiger partial charge in [0, 0.05) is 10.5 Å². The summed E-state index contributed by atoms with van der Waals surface area (Å²) >= 11 is 11.5. The Labute approximate surface area is 141 Å². The van der Waals surface area contributed by atoms with E-state index in [4.69, 9.17) is 17.3 Å². The van der Waals surface area contributed by atoms with Gasteiger partial charge in [0.05, 0.1) is 25.3 Å². The van der Waals surface area contributed by atoms with Crippen molar-refractivity contribution in [2.45, 2.75) is 0 Å². The molecule has 2 aromatic carbocycles. The molecule has 0 bridgehead atoms. The average Bonchev–Trinajstić information content (AvgIpc) is 2.69. The van der Waals surface area contributed by atoms with Crippen molar-refractivity contribution in [1.82, 2.24) is 9.55 Å². The summed E-state index contributed by atoms with van der Waals surface area (Å²) in [7, 11) is 0. The number of aromatic nitrogens is 2. The molecule has 3 aromatic rings. The molecule has 0 aliphatic carbocycles. The normalized spacial score (nSPS) is 11.2. The van der Waals surface area contributed by atoms with Gasteiger partial charge in [0.25, 0.3) is 0 Å². The van der Waals surface area contributed by atoms with E-state index in [-0.39, 0.29) is 11.8 Å². The van der Waals surface area contributed by atoms with Gasteiger partial charge in [0.15, 0.2) is 0 Å². The van der Waals surface area contributed by atoms with E-state index in [1.165, 1.54) is 6.07 Å². The highest BCUT2D eigenvalue weighted by Gasteiger charge is 2.15. The van der Waals surface area contributed by atoms with Crippen LogP contribution in [-0.4, -0.2) is 9.55 Å². The lowest BCUT2D eigenvalue weighted by molar-refractivity contribution is 0.622. The van der Waals surface area contributed by atoms with Crippen LogP contribution in [0.3, 0.4) is 0 Å². The number of nitrogen functional groups attached to an aromatic ring is 1. The van der Waals surface area contributed by atoms with Crippen molar-refractivity contribution in [3.63, 3.8) is 0 Å². The number of hydrogen-bond donors (Lipinski definition) is 1. The minimum absolute atomic E-state index is 0.265. The van der Waals surface area contributed by atoms with Gasteiger partial charge in [0.2, 0.25) is 5.95 Å². The molecule has 1 heterocycles. The van der Waals surface area contributed by atoms with Gasteiger partial charge in [-0.1, -0.05) is 27.5 Å². The van der Waals surface area contributed by atoms with Gasteiger partial charge < -0.3 is 5.73 Å². The van der Waals surface area contributed by atoms with Crippen molar-refractivity contribution in [3.8, 4) is 5.69 Å². The van der Waals surface area contributed by atoms with Crippen molar-refractivity contribution >= 4 is 67.1 Å². The van der Waals surface area contributed by atoms with Crippen molar-refractivity contribution in [3.05, 3.63) is 49.2 Å². The van der Waals surface area contributed by atoms with Crippen LogP contribution in [0.25, 0.3) is 16.7 Å². The maximum Gasteiger partial charge on any atom is 0.205 e. The minimum atomic E-state index is -0.314. The van der Waals surface area contributed by atoms with E-state index in [0.717, 1.165) is 4.47 Å². The van der Waals surface area contributed by atoms with Gasteiger partial charge in [-0.05, 0) is 46.9 Å².